The minimum absolute atomic E-state index is 0.0626. The first-order valence-electron chi connectivity index (χ1n) is 6.29. The fraction of sp³-hybridized carbons (Fsp3) is 0.917. The van der Waals surface area contributed by atoms with Crippen LogP contribution in [0.3, 0.4) is 0 Å². The van der Waals surface area contributed by atoms with E-state index < -0.39 is 5.60 Å². The van der Waals surface area contributed by atoms with Gasteiger partial charge in [-0.3, -0.25) is 4.79 Å². The number of hydrogen-bond donors (Lipinski definition) is 2. The van der Waals surface area contributed by atoms with Crippen LogP contribution in [-0.4, -0.2) is 38.3 Å². The third kappa shape index (κ3) is 3.46. The third-order valence-corrected chi connectivity index (χ3v) is 3.28. The third-order valence-electron chi connectivity index (χ3n) is 3.28. The SMILES string of the molecule is CCCCCNC(=O)C1(OC)CCNCC1. The summed E-state index contributed by atoms with van der Waals surface area (Å²) in [6, 6.07) is 0. The molecule has 4 nitrogen and oxygen atoms in total. The lowest BCUT2D eigenvalue weighted by Gasteiger charge is -2.34. The maximum absolute atomic E-state index is 12.1. The van der Waals surface area contributed by atoms with E-state index in [0.29, 0.717) is 0 Å². The Morgan fingerprint density at radius 1 is 1.38 bits per heavy atom. The molecule has 0 bridgehead atoms. The van der Waals surface area contributed by atoms with Gasteiger partial charge in [0.1, 0.15) is 5.60 Å². The number of ether oxygens (including phenoxy) is 1. The highest BCUT2D eigenvalue weighted by molar-refractivity contribution is 5.85. The van der Waals surface area contributed by atoms with Crippen LogP contribution in [-0.2, 0) is 9.53 Å². The molecule has 1 aliphatic heterocycles. The summed E-state index contributed by atoms with van der Waals surface area (Å²) >= 11 is 0. The second-order valence-electron chi connectivity index (χ2n) is 4.41. The number of methoxy groups -OCH3 is 1. The smallest absolute Gasteiger partial charge is 0.252 e. The molecule has 1 heterocycles. The number of rotatable bonds is 6. The van der Waals surface area contributed by atoms with Crippen molar-refractivity contribution < 1.29 is 9.53 Å². The van der Waals surface area contributed by atoms with Gasteiger partial charge in [-0.1, -0.05) is 19.8 Å². The van der Waals surface area contributed by atoms with Gasteiger partial charge in [0.15, 0.2) is 0 Å². The van der Waals surface area contributed by atoms with Crippen molar-refractivity contribution in [2.45, 2.75) is 44.6 Å². The molecule has 94 valence electrons. The van der Waals surface area contributed by atoms with Crippen LogP contribution >= 0.6 is 0 Å². The molecular formula is C12H24N2O2. The summed E-state index contributed by atoms with van der Waals surface area (Å²) < 4.78 is 5.45. The second kappa shape index (κ2) is 6.86. The van der Waals surface area contributed by atoms with Gasteiger partial charge in [-0.15, -0.1) is 0 Å². The Balaban J connectivity index is 2.36. The molecule has 4 heteroatoms. The van der Waals surface area contributed by atoms with Crippen molar-refractivity contribution in [2.24, 2.45) is 0 Å². The average Bonchev–Trinajstić information content (AvgIpc) is 2.35. The second-order valence-corrected chi connectivity index (χ2v) is 4.41. The van der Waals surface area contributed by atoms with Gasteiger partial charge in [0.25, 0.3) is 5.91 Å². The Kier molecular flexibility index (Phi) is 5.77. The van der Waals surface area contributed by atoms with Crippen LogP contribution in [0.5, 0.6) is 0 Å². The van der Waals surface area contributed by atoms with Crippen molar-refractivity contribution in [2.75, 3.05) is 26.7 Å². The van der Waals surface area contributed by atoms with Crippen molar-refractivity contribution in [3.8, 4) is 0 Å². The molecule has 0 aliphatic carbocycles. The first-order chi connectivity index (χ1) is 7.75. The zero-order valence-corrected chi connectivity index (χ0v) is 10.5. The number of carbonyl (C=O) groups is 1. The molecule has 1 aliphatic rings. The average molecular weight is 228 g/mol. The Labute approximate surface area is 98.1 Å². The van der Waals surface area contributed by atoms with E-state index in [4.69, 9.17) is 4.74 Å². The molecule has 0 radical (unpaired) electrons. The molecule has 16 heavy (non-hydrogen) atoms. The Hall–Kier alpha value is -0.610. The normalized spacial score (nSPS) is 19.4. The Bertz CT molecular complexity index is 213. The number of nitrogens with one attached hydrogen (secondary N) is 2. The zero-order valence-electron chi connectivity index (χ0n) is 10.5. The minimum atomic E-state index is -0.586. The van der Waals surface area contributed by atoms with Crippen molar-refractivity contribution in [3.63, 3.8) is 0 Å². The largest absolute Gasteiger partial charge is 0.368 e. The van der Waals surface area contributed by atoms with E-state index in [1.54, 1.807) is 7.11 Å². The van der Waals surface area contributed by atoms with Gasteiger partial charge >= 0.3 is 0 Å². The standard InChI is InChI=1S/C12H24N2O2/c1-3-4-5-8-14-11(15)12(16-2)6-9-13-10-7-12/h13H,3-10H2,1-2H3,(H,14,15). The lowest BCUT2D eigenvalue weighted by atomic mass is 9.91. The maximum Gasteiger partial charge on any atom is 0.252 e. The molecule has 0 spiro atoms. The molecule has 1 saturated heterocycles. The molecule has 0 aromatic heterocycles. The molecule has 1 rings (SSSR count). The van der Waals surface area contributed by atoms with E-state index in [9.17, 15) is 4.79 Å². The lowest BCUT2D eigenvalue weighted by molar-refractivity contribution is -0.146. The van der Waals surface area contributed by atoms with E-state index >= 15 is 0 Å². The highest BCUT2D eigenvalue weighted by Gasteiger charge is 2.39. The first kappa shape index (κ1) is 13.5. The number of hydrogen-bond acceptors (Lipinski definition) is 3. The van der Waals surface area contributed by atoms with Gasteiger partial charge in [0, 0.05) is 13.7 Å². The predicted octanol–water partition coefficient (Wildman–Crippen LogP) is 1.06. The Morgan fingerprint density at radius 2 is 2.06 bits per heavy atom. The molecule has 0 aromatic carbocycles. The molecule has 0 saturated carbocycles. The van der Waals surface area contributed by atoms with Gasteiger partial charge in [-0.25, -0.2) is 0 Å². The Morgan fingerprint density at radius 3 is 2.62 bits per heavy atom. The van der Waals surface area contributed by atoms with Crippen LogP contribution in [0.2, 0.25) is 0 Å². The van der Waals surface area contributed by atoms with Crippen molar-refractivity contribution >= 4 is 5.91 Å². The number of unbranched alkanes of at least 4 members (excludes halogenated alkanes) is 2. The van der Waals surface area contributed by atoms with E-state index in [-0.39, 0.29) is 5.91 Å². The van der Waals surface area contributed by atoms with Gasteiger partial charge in [-0.05, 0) is 32.4 Å². The fourth-order valence-corrected chi connectivity index (χ4v) is 2.09. The fourth-order valence-electron chi connectivity index (χ4n) is 2.09. The summed E-state index contributed by atoms with van der Waals surface area (Å²) in [4.78, 5) is 12.1. The first-order valence-corrected chi connectivity index (χ1v) is 6.29. The van der Waals surface area contributed by atoms with E-state index in [2.05, 4.69) is 17.6 Å². The highest BCUT2D eigenvalue weighted by atomic mass is 16.5. The molecule has 2 N–H and O–H groups in total. The monoisotopic (exact) mass is 228 g/mol. The number of piperidine rings is 1. The maximum atomic E-state index is 12.1. The van der Waals surface area contributed by atoms with E-state index in [1.165, 1.54) is 12.8 Å². The molecule has 0 aromatic rings. The minimum Gasteiger partial charge on any atom is -0.368 e. The molecule has 1 fully saturated rings. The van der Waals surface area contributed by atoms with Gasteiger partial charge in [0.05, 0.1) is 0 Å². The molecular weight excluding hydrogens is 204 g/mol. The summed E-state index contributed by atoms with van der Waals surface area (Å²) in [6.07, 6.45) is 4.93. The van der Waals surface area contributed by atoms with Crippen molar-refractivity contribution in [1.29, 1.82) is 0 Å². The van der Waals surface area contributed by atoms with Crippen LogP contribution in [0.25, 0.3) is 0 Å². The highest BCUT2D eigenvalue weighted by Crippen LogP contribution is 2.22. The summed E-state index contributed by atoms with van der Waals surface area (Å²) in [6.45, 7) is 4.64. The predicted molar refractivity (Wildman–Crippen MR) is 64.4 cm³/mol. The summed E-state index contributed by atoms with van der Waals surface area (Å²) in [5.74, 6) is 0.0626. The van der Waals surface area contributed by atoms with E-state index in [1.807, 2.05) is 0 Å². The molecule has 1 amide bonds. The van der Waals surface area contributed by atoms with Crippen LogP contribution in [0.15, 0.2) is 0 Å². The van der Waals surface area contributed by atoms with E-state index in [0.717, 1.165) is 38.9 Å². The van der Waals surface area contributed by atoms with Crippen molar-refractivity contribution in [3.05, 3.63) is 0 Å². The topological polar surface area (TPSA) is 50.4 Å². The molecule has 0 unspecified atom stereocenters. The summed E-state index contributed by atoms with van der Waals surface area (Å²) in [7, 11) is 1.64. The number of carbonyl (C=O) groups excluding carboxylic acids is 1. The quantitative estimate of drug-likeness (QED) is 0.668. The zero-order chi connectivity index (χ0) is 11.9. The van der Waals surface area contributed by atoms with Gasteiger partial charge in [0.2, 0.25) is 0 Å². The van der Waals surface area contributed by atoms with Crippen LogP contribution in [0.4, 0.5) is 0 Å². The van der Waals surface area contributed by atoms with Crippen LogP contribution < -0.4 is 10.6 Å². The van der Waals surface area contributed by atoms with Crippen molar-refractivity contribution in [1.82, 2.24) is 10.6 Å². The molecule has 0 atom stereocenters. The number of amides is 1. The summed E-state index contributed by atoms with van der Waals surface area (Å²) in [5.41, 5.74) is -0.586. The van der Waals surface area contributed by atoms with Gasteiger partial charge in [-0.2, -0.15) is 0 Å². The summed E-state index contributed by atoms with van der Waals surface area (Å²) in [5, 5.41) is 6.23. The lowest BCUT2D eigenvalue weighted by Crippen LogP contribution is -2.54. The van der Waals surface area contributed by atoms with Crippen LogP contribution in [0, 0.1) is 0 Å². The van der Waals surface area contributed by atoms with Gasteiger partial charge < -0.3 is 15.4 Å². The van der Waals surface area contributed by atoms with Crippen LogP contribution in [0.1, 0.15) is 39.0 Å².